The largest absolute Gasteiger partial charge is 0.378 e. The minimum Gasteiger partial charge on any atom is -0.378 e. The van der Waals surface area contributed by atoms with Crippen LogP contribution >= 0.6 is 34.5 Å². The second-order valence-electron chi connectivity index (χ2n) is 6.32. The van der Waals surface area contributed by atoms with E-state index in [2.05, 4.69) is 5.32 Å². The van der Waals surface area contributed by atoms with E-state index in [4.69, 9.17) is 27.9 Å². The van der Waals surface area contributed by atoms with E-state index in [9.17, 15) is 9.59 Å². The number of hydrogen-bond donors (Lipinski definition) is 1. The van der Waals surface area contributed by atoms with Crippen LogP contribution in [-0.2, 0) is 4.74 Å². The SMILES string of the molecule is O=C(Nc1ccc(C(=O)N2CCOCC2)cc1)c1sc2cc(Cl)ccc2c1Cl. The van der Waals surface area contributed by atoms with Gasteiger partial charge in [0.2, 0.25) is 0 Å². The lowest BCUT2D eigenvalue weighted by atomic mass is 10.1. The Morgan fingerprint density at radius 3 is 2.46 bits per heavy atom. The first-order valence-electron chi connectivity index (χ1n) is 8.69. The molecule has 1 N–H and O–H groups in total. The summed E-state index contributed by atoms with van der Waals surface area (Å²) in [5.41, 5.74) is 1.17. The Morgan fingerprint density at radius 2 is 1.75 bits per heavy atom. The highest BCUT2D eigenvalue weighted by molar-refractivity contribution is 7.21. The van der Waals surface area contributed by atoms with E-state index in [1.165, 1.54) is 11.3 Å². The van der Waals surface area contributed by atoms with E-state index < -0.39 is 0 Å². The molecule has 0 unspecified atom stereocenters. The maximum atomic E-state index is 12.6. The van der Waals surface area contributed by atoms with Crippen LogP contribution in [0, 0.1) is 0 Å². The first-order chi connectivity index (χ1) is 13.5. The van der Waals surface area contributed by atoms with Gasteiger partial charge in [0.05, 0.1) is 18.2 Å². The molecule has 1 saturated heterocycles. The van der Waals surface area contributed by atoms with Crippen molar-refractivity contribution in [3.8, 4) is 0 Å². The molecule has 0 radical (unpaired) electrons. The van der Waals surface area contributed by atoms with Crippen LogP contribution in [0.1, 0.15) is 20.0 Å². The van der Waals surface area contributed by atoms with Crippen molar-refractivity contribution in [2.45, 2.75) is 0 Å². The van der Waals surface area contributed by atoms with E-state index in [0.717, 1.165) is 10.1 Å². The molecule has 0 spiro atoms. The van der Waals surface area contributed by atoms with Crippen LogP contribution < -0.4 is 5.32 Å². The summed E-state index contributed by atoms with van der Waals surface area (Å²) in [5, 5.41) is 4.63. The molecule has 2 amide bonds. The Hall–Kier alpha value is -2.12. The number of nitrogens with one attached hydrogen (secondary N) is 1. The van der Waals surface area contributed by atoms with Gasteiger partial charge >= 0.3 is 0 Å². The van der Waals surface area contributed by atoms with Crippen molar-refractivity contribution in [2.24, 2.45) is 0 Å². The van der Waals surface area contributed by atoms with Crippen LogP contribution in [0.5, 0.6) is 0 Å². The van der Waals surface area contributed by atoms with E-state index in [0.29, 0.717) is 52.5 Å². The zero-order valence-corrected chi connectivity index (χ0v) is 17.0. The number of halogens is 2. The fraction of sp³-hybridized carbons (Fsp3) is 0.200. The molecule has 8 heteroatoms. The van der Waals surface area contributed by atoms with Gasteiger partial charge in [-0.05, 0) is 36.4 Å². The number of anilines is 1. The predicted molar refractivity (Wildman–Crippen MR) is 113 cm³/mol. The number of ether oxygens (including phenoxy) is 1. The number of morpholine rings is 1. The van der Waals surface area contributed by atoms with Crippen LogP contribution in [0.2, 0.25) is 10.0 Å². The molecular weight excluding hydrogens is 419 g/mol. The van der Waals surface area contributed by atoms with Gasteiger partial charge in [0.15, 0.2) is 0 Å². The lowest BCUT2D eigenvalue weighted by Gasteiger charge is -2.26. The van der Waals surface area contributed by atoms with Gasteiger partial charge in [-0.2, -0.15) is 0 Å². The van der Waals surface area contributed by atoms with E-state index in [-0.39, 0.29) is 11.8 Å². The molecule has 28 heavy (non-hydrogen) atoms. The Balaban J connectivity index is 1.49. The second-order valence-corrected chi connectivity index (χ2v) is 8.19. The van der Waals surface area contributed by atoms with E-state index >= 15 is 0 Å². The van der Waals surface area contributed by atoms with Crippen molar-refractivity contribution in [1.82, 2.24) is 4.90 Å². The van der Waals surface area contributed by atoms with Crippen LogP contribution in [0.15, 0.2) is 42.5 Å². The van der Waals surface area contributed by atoms with Crippen LogP contribution in [0.25, 0.3) is 10.1 Å². The lowest BCUT2D eigenvalue weighted by molar-refractivity contribution is 0.0303. The molecule has 2 aromatic carbocycles. The number of hydrogen-bond acceptors (Lipinski definition) is 4. The number of nitrogens with zero attached hydrogens (tertiary/aromatic N) is 1. The number of amides is 2. The molecule has 0 saturated carbocycles. The maximum absolute atomic E-state index is 12.6. The molecule has 4 rings (SSSR count). The Bertz CT molecular complexity index is 1040. The average Bonchev–Trinajstić information content (AvgIpc) is 3.04. The molecular formula is C20H16Cl2N2O3S. The highest BCUT2D eigenvalue weighted by Gasteiger charge is 2.20. The monoisotopic (exact) mass is 434 g/mol. The first-order valence-corrected chi connectivity index (χ1v) is 10.3. The van der Waals surface area contributed by atoms with Gasteiger partial charge in [-0.1, -0.05) is 29.3 Å². The number of carbonyl (C=O) groups is 2. The zero-order chi connectivity index (χ0) is 19.7. The van der Waals surface area contributed by atoms with Gasteiger partial charge in [0.25, 0.3) is 11.8 Å². The molecule has 5 nitrogen and oxygen atoms in total. The van der Waals surface area contributed by atoms with Crippen molar-refractivity contribution in [2.75, 3.05) is 31.6 Å². The number of thiophene rings is 1. The van der Waals surface area contributed by atoms with Crippen molar-refractivity contribution in [1.29, 1.82) is 0 Å². The number of rotatable bonds is 3. The summed E-state index contributed by atoms with van der Waals surface area (Å²) in [5.74, 6) is -0.333. The number of carbonyl (C=O) groups excluding carboxylic acids is 2. The smallest absolute Gasteiger partial charge is 0.267 e. The predicted octanol–water partition coefficient (Wildman–Crippen LogP) is 4.93. The summed E-state index contributed by atoms with van der Waals surface area (Å²) in [6, 6.07) is 12.2. The Morgan fingerprint density at radius 1 is 1.04 bits per heavy atom. The third-order valence-electron chi connectivity index (χ3n) is 4.49. The quantitative estimate of drug-likeness (QED) is 0.635. The van der Waals surface area contributed by atoms with Gasteiger partial charge in [0, 0.05) is 39.4 Å². The van der Waals surface area contributed by atoms with Crippen molar-refractivity contribution >= 4 is 62.1 Å². The summed E-state index contributed by atoms with van der Waals surface area (Å²) >= 11 is 13.7. The van der Waals surface area contributed by atoms with Gasteiger partial charge < -0.3 is 15.0 Å². The molecule has 2 heterocycles. The third-order valence-corrected chi connectivity index (χ3v) is 6.38. The first kappa shape index (κ1) is 19.2. The summed E-state index contributed by atoms with van der Waals surface area (Å²) < 4.78 is 6.13. The van der Waals surface area contributed by atoms with Crippen LogP contribution in [0.4, 0.5) is 5.69 Å². The third kappa shape index (κ3) is 3.86. The topological polar surface area (TPSA) is 58.6 Å². The fourth-order valence-corrected chi connectivity index (χ4v) is 4.71. The summed E-state index contributed by atoms with van der Waals surface area (Å²) in [7, 11) is 0. The molecule has 0 aliphatic carbocycles. The minimum atomic E-state index is -0.297. The van der Waals surface area contributed by atoms with E-state index in [1.54, 1.807) is 47.4 Å². The molecule has 1 aliphatic rings. The number of fused-ring (bicyclic) bond motifs is 1. The molecule has 1 fully saturated rings. The summed E-state index contributed by atoms with van der Waals surface area (Å²) in [6.07, 6.45) is 0. The van der Waals surface area contributed by atoms with Crippen molar-refractivity contribution in [3.63, 3.8) is 0 Å². The highest BCUT2D eigenvalue weighted by Crippen LogP contribution is 2.37. The summed E-state index contributed by atoms with van der Waals surface area (Å²) in [4.78, 5) is 27.3. The lowest BCUT2D eigenvalue weighted by Crippen LogP contribution is -2.40. The number of benzene rings is 2. The van der Waals surface area contributed by atoms with Gasteiger partial charge in [-0.3, -0.25) is 9.59 Å². The second kappa shape index (κ2) is 8.09. The van der Waals surface area contributed by atoms with Crippen LogP contribution in [0.3, 0.4) is 0 Å². The normalized spacial score (nSPS) is 14.3. The summed E-state index contributed by atoms with van der Waals surface area (Å²) in [6.45, 7) is 2.29. The maximum Gasteiger partial charge on any atom is 0.267 e. The molecule has 0 bridgehead atoms. The van der Waals surface area contributed by atoms with Crippen molar-refractivity contribution < 1.29 is 14.3 Å². The fourth-order valence-electron chi connectivity index (χ4n) is 3.02. The Kier molecular flexibility index (Phi) is 5.55. The average molecular weight is 435 g/mol. The highest BCUT2D eigenvalue weighted by atomic mass is 35.5. The van der Waals surface area contributed by atoms with Gasteiger partial charge in [-0.25, -0.2) is 0 Å². The van der Waals surface area contributed by atoms with Crippen LogP contribution in [-0.4, -0.2) is 43.0 Å². The van der Waals surface area contributed by atoms with E-state index in [1.807, 2.05) is 0 Å². The van der Waals surface area contributed by atoms with Gasteiger partial charge in [-0.15, -0.1) is 11.3 Å². The zero-order valence-electron chi connectivity index (χ0n) is 14.7. The molecule has 1 aliphatic heterocycles. The molecule has 1 aromatic heterocycles. The van der Waals surface area contributed by atoms with Crippen molar-refractivity contribution in [3.05, 3.63) is 63.0 Å². The minimum absolute atomic E-state index is 0.0365. The Labute approximate surface area is 175 Å². The molecule has 0 atom stereocenters. The molecule has 144 valence electrons. The standard InChI is InChI=1S/C20H16Cl2N2O3S/c21-13-3-6-15-16(11-13)28-18(17(15)22)19(25)23-14-4-1-12(2-5-14)20(26)24-7-9-27-10-8-24/h1-6,11H,7-10H2,(H,23,25). The molecule has 3 aromatic rings. The van der Waals surface area contributed by atoms with Gasteiger partial charge in [0.1, 0.15) is 4.88 Å².